The molecule has 8 heteroatoms. The number of nitrogens with zero attached hydrogens (tertiary/aromatic N) is 1. The van der Waals surface area contributed by atoms with Crippen molar-refractivity contribution in [2.75, 3.05) is 24.7 Å². The van der Waals surface area contributed by atoms with Crippen molar-refractivity contribution in [1.29, 1.82) is 0 Å². The SMILES string of the molecule is CC(C)COc1ccc(NC(=O)[C@H]2CCCCN2S(C)(=O)=O)cc1Cl. The van der Waals surface area contributed by atoms with Crippen LogP contribution in [0.3, 0.4) is 0 Å². The Morgan fingerprint density at radius 1 is 1.40 bits per heavy atom. The van der Waals surface area contributed by atoms with Gasteiger partial charge in [0.15, 0.2) is 0 Å². The maximum Gasteiger partial charge on any atom is 0.242 e. The summed E-state index contributed by atoms with van der Waals surface area (Å²) < 4.78 is 30.7. The van der Waals surface area contributed by atoms with E-state index < -0.39 is 16.1 Å². The summed E-state index contributed by atoms with van der Waals surface area (Å²) in [5, 5.41) is 3.17. The van der Waals surface area contributed by atoms with Crippen LogP contribution < -0.4 is 10.1 Å². The highest BCUT2D eigenvalue weighted by Crippen LogP contribution is 2.29. The maximum atomic E-state index is 12.5. The zero-order chi connectivity index (χ0) is 18.6. The average molecular weight is 389 g/mol. The van der Waals surface area contributed by atoms with Crippen molar-refractivity contribution < 1.29 is 17.9 Å². The number of anilines is 1. The molecule has 1 heterocycles. The first-order chi connectivity index (χ1) is 11.7. The van der Waals surface area contributed by atoms with Gasteiger partial charge in [-0.3, -0.25) is 4.79 Å². The van der Waals surface area contributed by atoms with Gasteiger partial charge in [0, 0.05) is 12.2 Å². The first-order valence-corrected chi connectivity index (χ1v) is 10.6. The molecule has 1 aliphatic rings. The first-order valence-electron chi connectivity index (χ1n) is 8.38. The van der Waals surface area contributed by atoms with Crippen LogP contribution in [-0.2, 0) is 14.8 Å². The summed E-state index contributed by atoms with van der Waals surface area (Å²) in [4.78, 5) is 12.5. The van der Waals surface area contributed by atoms with Crippen LogP contribution in [0.2, 0.25) is 5.02 Å². The maximum absolute atomic E-state index is 12.5. The number of hydrogen-bond donors (Lipinski definition) is 1. The highest BCUT2D eigenvalue weighted by Gasteiger charge is 2.34. The molecule has 1 atom stereocenters. The van der Waals surface area contributed by atoms with Gasteiger partial charge >= 0.3 is 0 Å². The predicted octanol–water partition coefficient (Wildman–Crippen LogP) is 3.13. The molecule has 1 aliphatic heterocycles. The van der Waals surface area contributed by atoms with Gasteiger partial charge in [-0.25, -0.2) is 8.42 Å². The molecule has 1 saturated heterocycles. The van der Waals surface area contributed by atoms with E-state index in [0.29, 0.717) is 41.9 Å². The van der Waals surface area contributed by atoms with Crippen molar-refractivity contribution in [3.8, 4) is 5.75 Å². The van der Waals surface area contributed by atoms with E-state index in [1.54, 1.807) is 18.2 Å². The van der Waals surface area contributed by atoms with Crippen LogP contribution in [0.25, 0.3) is 0 Å². The fraction of sp³-hybridized carbons (Fsp3) is 0.588. The molecule has 6 nitrogen and oxygen atoms in total. The third-order valence-corrected chi connectivity index (χ3v) is 5.54. The summed E-state index contributed by atoms with van der Waals surface area (Å²) in [7, 11) is -3.42. The molecule has 25 heavy (non-hydrogen) atoms. The molecule has 0 unspecified atom stereocenters. The molecule has 1 amide bonds. The van der Waals surface area contributed by atoms with E-state index >= 15 is 0 Å². The summed E-state index contributed by atoms with van der Waals surface area (Å²) in [6, 6.07) is 4.34. The highest BCUT2D eigenvalue weighted by atomic mass is 35.5. The van der Waals surface area contributed by atoms with Gasteiger partial charge < -0.3 is 10.1 Å². The number of amides is 1. The monoisotopic (exact) mass is 388 g/mol. The van der Waals surface area contributed by atoms with E-state index in [2.05, 4.69) is 5.32 Å². The highest BCUT2D eigenvalue weighted by molar-refractivity contribution is 7.88. The van der Waals surface area contributed by atoms with E-state index in [-0.39, 0.29) is 5.91 Å². The topological polar surface area (TPSA) is 75.7 Å². The summed E-state index contributed by atoms with van der Waals surface area (Å²) in [6.07, 6.45) is 3.25. The Bertz CT molecular complexity index is 721. The minimum absolute atomic E-state index is 0.336. The fourth-order valence-corrected chi connectivity index (χ4v) is 4.10. The number of hydrogen-bond acceptors (Lipinski definition) is 4. The van der Waals surface area contributed by atoms with Crippen LogP contribution in [0.5, 0.6) is 5.75 Å². The van der Waals surface area contributed by atoms with E-state index in [0.717, 1.165) is 19.1 Å². The van der Waals surface area contributed by atoms with Crippen molar-refractivity contribution >= 4 is 33.2 Å². The summed E-state index contributed by atoms with van der Waals surface area (Å²) in [5.74, 6) is 0.601. The summed E-state index contributed by atoms with van der Waals surface area (Å²) in [6.45, 7) is 5.01. The molecular weight excluding hydrogens is 364 g/mol. The van der Waals surface area contributed by atoms with Gasteiger partial charge in [-0.05, 0) is 37.0 Å². The van der Waals surface area contributed by atoms with Gasteiger partial charge in [0.1, 0.15) is 11.8 Å². The second-order valence-corrected chi connectivity index (χ2v) is 9.07. The number of piperidine rings is 1. The van der Waals surface area contributed by atoms with E-state index in [9.17, 15) is 13.2 Å². The van der Waals surface area contributed by atoms with E-state index in [4.69, 9.17) is 16.3 Å². The van der Waals surface area contributed by atoms with Crippen LogP contribution >= 0.6 is 11.6 Å². The Balaban J connectivity index is 2.08. The smallest absolute Gasteiger partial charge is 0.242 e. The van der Waals surface area contributed by atoms with Crippen molar-refractivity contribution in [2.24, 2.45) is 5.92 Å². The van der Waals surface area contributed by atoms with E-state index in [1.807, 2.05) is 13.8 Å². The van der Waals surface area contributed by atoms with Gasteiger partial charge in [0.25, 0.3) is 0 Å². The van der Waals surface area contributed by atoms with Crippen LogP contribution in [-0.4, -0.2) is 44.1 Å². The van der Waals surface area contributed by atoms with Crippen molar-refractivity contribution in [1.82, 2.24) is 4.31 Å². The number of nitrogens with one attached hydrogen (secondary N) is 1. The van der Waals surface area contributed by atoms with Crippen LogP contribution in [0.4, 0.5) is 5.69 Å². The van der Waals surface area contributed by atoms with Crippen LogP contribution in [0, 0.1) is 5.92 Å². The number of ether oxygens (including phenoxy) is 1. The van der Waals surface area contributed by atoms with Crippen molar-refractivity contribution in [3.05, 3.63) is 23.2 Å². The van der Waals surface area contributed by atoms with Crippen molar-refractivity contribution in [3.63, 3.8) is 0 Å². The first kappa shape index (κ1) is 20.0. The molecule has 1 N–H and O–H groups in total. The van der Waals surface area contributed by atoms with Gasteiger partial charge in [-0.15, -0.1) is 0 Å². The zero-order valence-corrected chi connectivity index (χ0v) is 16.4. The zero-order valence-electron chi connectivity index (χ0n) is 14.8. The quantitative estimate of drug-likeness (QED) is 0.812. The number of carbonyl (C=O) groups excluding carboxylic acids is 1. The lowest BCUT2D eigenvalue weighted by Gasteiger charge is -2.32. The molecule has 0 spiro atoms. The molecule has 0 bridgehead atoms. The molecule has 1 fully saturated rings. The Morgan fingerprint density at radius 2 is 2.12 bits per heavy atom. The number of benzene rings is 1. The van der Waals surface area contributed by atoms with Crippen molar-refractivity contribution in [2.45, 2.75) is 39.2 Å². The van der Waals surface area contributed by atoms with Gasteiger partial charge in [-0.2, -0.15) is 4.31 Å². The lowest BCUT2D eigenvalue weighted by molar-refractivity contribution is -0.120. The normalized spacial score (nSPS) is 19.0. The number of halogens is 1. The third kappa shape index (κ3) is 5.59. The lowest BCUT2D eigenvalue weighted by Crippen LogP contribution is -2.49. The third-order valence-electron chi connectivity index (χ3n) is 3.95. The largest absolute Gasteiger partial charge is 0.492 e. The molecule has 1 aromatic rings. The van der Waals surface area contributed by atoms with Gasteiger partial charge in [0.05, 0.1) is 17.9 Å². The number of carbonyl (C=O) groups is 1. The van der Waals surface area contributed by atoms with Crippen LogP contribution in [0.1, 0.15) is 33.1 Å². The fourth-order valence-electron chi connectivity index (χ4n) is 2.74. The molecule has 0 radical (unpaired) electrons. The standard InChI is InChI=1S/C17H25ClN2O4S/c1-12(2)11-24-16-8-7-13(10-14(16)18)19-17(21)15-6-4-5-9-20(15)25(3,22)23/h7-8,10,12,15H,4-6,9,11H2,1-3H3,(H,19,21)/t15-/m1/s1. The predicted molar refractivity (Wildman–Crippen MR) is 99.6 cm³/mol. The van der Waals surface area contributed by atoms with E-state index in [1.165, 1.54) is 4.31 Å². The Hall–Kier alpha value is -1.31. The average Bonchev–Trinajstić information content (AvgIpc) is 2.53. The molecule has 0 aliphatic carbocycles. The Kier molecular flexibility index (Phi) is 6.71. The molecule has 2 rings (SSSR count). The van der Waals surface area contributed by atoms with Gasteiger partial charge in [0.2, 0.25) is 15.9 Å². The van der Waals surface area contributed by atoms with Gasteiger partial charge in [-0.1, -0.05) is 31.9 Å². The molecule has 0 saturated carbocycles. The molecular formula is C17H25ClN2O4S. The Morgan fingerprint density at radius 3 is 2.72 bits per heavy atom. The lowest BCUT2D eigenvalue weighted by atomic mass is 10.0. The number of sulfonamides is 1. The van der Waals surface area contributed by atoms with Crippen LogP contribution in [0.15, 0.2) is 18.2 Å². The second kappa shape index (κ2) is 8.38. The molecule has 140 valence electrons. The minimum atomic E-state index is -3.42. The molecule has 1 aromatic carbocycles. The molecule has 0 aromatic heterocycles. The minimum Gasteiger partial charge on any atom is -0.492 e. The summed E-state index contributed by atoms with van der Waals surface area (Å²) in [5.41, 5.74) is 0.519. The Labute approximate surface area is 154 Å². The summed E-state index contributed by atoms with van der Waals surface area (Å²) >= 11 is 6.20. The number of rotatable bonds is 6. The second-order valence-electron chi connectivity index (χ2n) is 6.72.